The van der Waals surface area contributed by atoms with E-state index in [4.69, 9.17) is 9.15 Å². The molecule has 0 aliphatic carbocycles. The molecule has 3 aromatic rings. The first kappa shape index (κ1) is 24.3. The predicted molar refractivity (Wildman–Crippen MR) is 129 cm³/mol. The number of aryl methyl sites for hydroxylation is 1. The molecule has 0 spiro atoms. The molecule has 182 valence electrons. The number of hydrogen-bond acceptors (Lipinski definition) is 5. The Bertz CT molecular complexity index is 1230. The van der Waals surface area contributed by atoms with Gasteiger partial charge in [-0.3, -0.25) is 9.59 Å². The number of rotatable bonds is 9. The normalized spacial score (nSPS) is 17.2. The number of carbonyl (C=O) groups excluding carboxylic acids is 2. The van der Waals surface area contributed by atoms with Crippen molar-refractivity contribution in [2.45, 2.75) is 45.7 Å². The number of likely N-dealkylation sites (tertiary alicyclic amines) is 1. The fourth-order valence-corrected chi connectivity index (χ4v) is 4.14. The fraction of sp³-hybridized carbons (Fsp3) is 0.286. The number of benzene rings is 2. The number of halogens is 1. The van der Waals surface area contributed by atoms with E-state index in [1.807, 2.05) is 0 Å². The SMILES string of the molecule is CCCCCOc1ccc(C2/C(=C(/O)c3ccc(C)c(F)c3)C(=O)C(=O)N2Cc2ccco2)cc1. The second kappa shape index (κ2) is 10.6. The molecule has 2 aromatic carbocycles. The van der Waals surface area contributed by atoms with E-state index in [2.05, 4.69) is 6.92 Å². The second-order valence-electron chi connectivity index (χ2n) is 8.59. The topological polar surface area (TPSA) is 80.0 Å². The highest BCUT2D eigenvalue weighted by molar-refractivity contribution is 6.46. The van der Waals surface area contributed by atoms with E-state index in [0.717, 1.165) is 25.3 Å². The Labute approximate surface area is 203 Å². The van der Waals surface area contributed by atoms with Crippen molar-refractivity contribution in [1.29, 1.82) is 0 Å². The largest absolute Gasteiger partial charge is 0.507 e. The number of carbonyl (C=O) groups is 2. The van der Waals surface area contributed by atoms with Gasteiger partial charge in [0, 0.05) is 5.56 Å². The van der Waals surface area contributed by atoms with Crippen LogP contribution >= 0.6 is 0 Å². The lowest BCUT2D eigenvalue weighted by molar-refractivity contribution is -0.140. The van der Waals surface area contributed by atoms with Gasteiger partial charge in [-0.25, -0.2) is 4.39 Å². The van der Waals surface area contributed by atoms with Gasteiger partial charge in [0.1, 0.15) is 23.1 Å². The van der Waals surface area contributed by atoms with Crippen molar-refractivity contribution in [2.24, 2.45) is 0 Å². The summed E-state index contributed by atoms with van der Waals surface area (Å²) in [7, 11) is 0. The van der Waals surface area contributed by atoms with Crippen molar-refractivity contribution in [2.75, 3.05) is 6.61 Å². The van der Waals surface area contributed by atoms with Gasteiger partial charge in [-0.05, 0) is 54.8 Å². The van der Waals surface area contributed by atoms with Crippen LogP contribution in [0.3, 0.4) is 0 Å². The van der Waals surface area contributed by atoms with Gasteiger partial charge in [-0.1, -0.05) is 44.0 Å². The number of ether oxygens (including phenoxy) is 1. The highest BCUT2D eigenvalue weighted by Gasteiger charge is 2.46. The summed E-state index contributed by atoms with van der Waals surface area (Å²) in [5.41, 5.74) is 1.06. The van der Waals surface area contributed by atoms with E-state index in [9.17, 15) is 19.1 Å². The second-order valence-corrected chi connectivity index (χ2v) is 8.59. The highest BCUT2D eigenvalue weighted by Crippen LogP contribution is 2.40. The van der Waals surface area contributed by atoms with E-state index >= 15 is 0 Å². The number of Topliss-reactive ketones (excluding diaryl/α,β-unsaturated/α-hetero) is 1. The molecule has 4 rings (SSSR count). The van der Waals surface area contributed by atoms with Gasteiger partial charge >= 0.3 is 0 Å². The van der Waals surface area contributed by atoms with Crippen molar-refractivity contribution < 1.29 is 28.2 Å². The van der Waals surface area contributed by atoms with Crippen LogP contribution in [0.4, 0.5) is 4.39 Å². The van der Waals surface area contributed by atoms with Crippen LogP contribution in [0.5, 0.6) is 5.75 Å². The summed E-state index contributed by atoms with van der Waals surface area (Å²) in [6.45, 7) is 4.37. The Balaban J connectivity index is 1.73. The first-order valence-corrected chi connectivity index (χ1v) is 11.7. The van der Waals surface area contributed by atoms with Gasteiger partial charge in [0.25, 0.3) is 11.7 Å². The van der Waals surface area contributed by atoms with E-state index in [1.165, 1.54) is 23.3 Å². The number of ketones is 1. The summed E-state index contributed by atoms with van der Waals surface area (Å²) >= 11 is 0. The molecule has 6 nitrogen and oxygen atoms in total. The minimum Gasteiger partial charge on any atom is -0.507 e. The third kappa shape index (κ3) is 5.14. The number of amides is 1. The van der Waals surface area contributed by atoms with Crippen LogP contribution in [0.15, 0.2) is 70.9 Å². The molecule has 1 N–H and O–H groups in total. The van der Waals surface area contributed by atoms with Gasteiger partial charge < -0.3 is 19.2 Å². The molecule has 35 heavy (non-hydrogen) atoms. The average Bonchev–Trinajstić information content (AvgIpc) is 3.46. The summed E-state index contributed by atoms with van der Waals surface area (Å²) in [6.07, 6.45) is 4.62. The van der Waals surface area contributed by atoms with Crippen molar-refractivity contribution in [1.82, 2.24) is 4.90 Å². The molecule has 0 bridgehead atoms. The Morgan fingerprint density at radius 1 is 1.11 bits per heavy atom. The molecule has 7 heteroatoms. The maximum Gasteiger partial charge on any atom is 0.296 e. The van der Waals surface area contributed by atoms with Gasteiger partial charge in [0.2, 0.25) is 0 Å². The Kier molecular flexibility index (Phi) is 7.34. The quantitative estimate of drug-likeness (QED) is 0.179. The lowest BCUT2D eigenvalue weighted by Gasteiger charge is -2.24. The first-order chi connectivity index (χ1) is 16.9. The molecular weight excluding hydrogens is 449 g/mol. The molecule has 1 aromatic heterocycles. The van der Waals surface area contributed by atoms with Crippen LogP contribution in [-0.4, -0.2) is 28.3 Å². The van der Waals surface area contributed by atoms with Crippen LogP contribution in [0, 0.1) is 12.7 Å². The summed E-state index contributed by atoms with van der Waals surface area (Å²) in [5, 5.41) is 11.1. The Morgan fingerprint density at radius 3 is 2.54 bits per heavy atom. The predicted octanol–water partition coefficient (Wildman–Crippen LogP) is 5.92. The standard InChI is InChI=1S/C28H28FNO5/c1-3-4-5-14-34-21-12-10-19(11-13-21)25-24(26(31)20-9-8-18(2)23(29)16-20)27(32)28(33)30(25)17-22-7-6-15-35-22/h6-13,15-16,25,31H,3-5,14,17H2,1-2H3/b26-24-. The van der Waals surface area contributed by atoms with Crippen LogP contribution in [0.2, 0.25) is 0 Å². The lowest BCUT2D eigenvalue weighted by Crippen LogP contribution is -2.29. The smallest absolute Gasteiger partial charge is 0.296 e. The van der Waals surface area contributed by atoms with Crippen molar-refractivity contribution in [3.8, 4) is 5.75 Å². The third-order valence-electron chi connectivity index (χ3n) is 6.10. The first-order valence-electron chi connectivity index (χ1n) is 11.7. The molecule has 1 unspecified atom stereocenters. The Hall–Kier alpha value is -3.87. The average molecular weight is 478 g/mol. The Morgan fingerprint density at radius 2 is 1.89 bits per heavy atom. The molecule has 1 aliphatic rings. The van der Waals surface area contributed by atoms with Crippen LogP contribution < -0.4 is 4.74 Å². The van der Waals surface area contributed by atoms with Crippen LogP contribution in [0.1, 0.15) is 54.7 Å². The number of hydrogen-bond donors (Lipinski definition) is 1. The minimum absolute atomic E-state index is 0.0382. The fourth-order valence-electron chi connectivity index (χ4n) is 4.14. The zero-order chi connectivity index (χ0) is 24.9. The van der Waals surface area contributed by atoms with Gasteiger partial charge in [-0.15, -0.1) is 0 Å². The molecular formula is C28H28FNO5. The van der Waals surface area contributed by atoms with Crippen molar-refractivity contribution in [3.05, 3.63) is 94.7 Å². The summed E-state index contributed by atoms with van der Waals surface area (Å²) < 4.78 is 25.4. The van der Waals surface area contributed by atoms with E-state index in [-0.39, 0.29) is 17.7 Å². The third-order valence-corrected chi connectivity index (χ3v) is 6.10. The summed E-state index contributed by atoms with van der Waals surface area (Å²) in [5.74, 6) is -1.36. The van der Waals surface area contributed by atoms with Crippen molar-refractivity contribution in [3.63, 3.8) is 0 Å². The summed E-state index contributed by atoms with van der Waals surface area (Å²) in [4.78, 5) is 27.5. The molecule has 2 heterocycles. The maximum atomic E-state index is 14.2. The summed E-state index contributed by atoms with van der Waals surface area (Å²) in [6, 6.07) is 13.8. The highest BCUT2D eigenvalue weighted by atomic mass is 19.1. The molecule has 0 radical (unpaired) electrons. The van der Waals surface area contributed by atoms with E-state index < -0.39 is 29.3 Å². The molecule has 1 fully saturated rings. The minimum atomic E-state index is -0.876. The number of unbranched alkanes of at least 4 members (excludes halogenated alkanes) is 2. The maximum absolute atomic E-state index is 14.2. The number of furan rings is 1. The molecule has 1 atom stereocenters. The molecule has 0 saturated carbocycles. The number of aliphatic hydroxyl groups excluding tert-OH is 1. The number of aliphatic hydroxyl groups is 1. The van der Waals surface area contributed by atoms with E-state index in [1.54, 1.807) is 43.3 Å². The lowest BCUT2D eigenvalue weighted by atomic mass is 9.95. The number of nitrogens with zero attached hydrogens (tertiary/aromatic N) is 1. The zero-order valence-corrected chi connectivity index (χ0v) is 19.8. The molecule has 1 amide bonds. The van der Waals surface area contributed by atoms with Gasteiger partial charge in [0.15, 0.2) is 0 Å². The molecule has 1 saturated heterocycles. The zero-order valence-electron chi connectivity index (χ0n) is 19.8. The van der Waals surface area contributed by atoms with Crippen molar-refractivity contribution >= 4 is 17.4 Å². The van der Waals surface area contributed by atoms with Crippen LogP contribution in [-0.2, 0) is 16.1 Å². The monoisotopic (exact) mass is 477 g/mol. The van der Waals surface area contributed by atoms with Gasteiger partial charge in [0.05, 0.1) is 31.0 Å². The molecule has 1 aliphatic heterocycles. The van der Waals surface area contributed by atoms with Gasteiger partial charge in [-0.2, -0.15) is 0 Å². The van der Waals surface area contributed by atoms with E-state index in [0.29, 0.717) is 29.2 Å². The van der Waals surface area contributed by atoms with Crippen LogP contribution in [0.25, 0.3) is 5.76 Å².